The average molecular weight is 284 g/mol. The maximum Gasteiger partial charge on any atom is 0.0210 e. The van der Waals surface area contributed by atoms with E-state index in [9.17, 15) is 0 Å². The van der Waals surface area contributed by atoms with Gasteiger partial charge in [-0.3, -0.25) is 0 Å². The maximum atomic E-state index is 5.64. The first-order valence-corrected chi connectivity index (χ1v) is 7.55. The summed E-state index contributed by atoms with van der Waals surface area (Å²) in [6.07, 6.45) is 0. The van der Waals surface area contributed by atoms with Gasteiger partial charge < -0.3 is 5.32 Å². The molecule has 0 heterocycles. The molecule has 0 saturated carbocycles. The summed E-state index contributed by atoms with van der Waals surface area (Å²) in [5, 5.41) is 3.48. The number of nitrogens with one attached hydrogen (secondary N) is 1. The molecule has 0 aliphatic rings. The summed E-state index contributed by atoms with van der Waals surface area (Å²) in [6, 6.07) is 8.71. The highest BCUT2D eigenvalue weighted by Crippen LogP contribution is 2.21. The summed E-state index contributed by atoms with van der Waals surface area (Å²) >= 11 is 7.46. The molecule has 1 aromatic carbocycles. The van der Waals surface area contributed by atoms with E-state index in [2.05, 4.69) is 50.4 Å². The molecular formula is C15H22ClNS. The number of rotatable bonds is 5. The largest absolute Gasteiger partial charge is 0.308 e. The zero-order valence-corrected chi connectivity index (χ0v) is 13.2. The molecule has 1 rings (SSSR count). The zero-order valence-electron chi connectivity index (χ0n) is 11.6. The van der Waals surface area contributed by atoms with Crippen LogP contribution in [0.5, 0.6) is 0 Å². The van der Waals surface area contributed by atoms with E-state index >= 15 is 0 Å². The minimum absolute atomic E-state index is 0.162. The molecular weight excluding hydrogens is 262 g/mol. The predicted octanol–water partition coefficient (Wildman–Crippen LogP) is 4.81. The summed E-state index contributed by atoms with van der Waals surface area (Å²) in [5.41, 5.74) is 4.32. The Kier molecular flexibility index (Phi) is 6.27. The topological polar surface area (TPSA) is 12.0 Å². The van der Waals surface area contributed by atoms with Gasteiger partial charge in [-0.2, -0.15) is 0 Å². The lowest BCUT2D eigenvalue weighted by molar-refractivity contribution is 0.424. The molecule has 0 spiro atoms. The number of benzene rings is 1. The van der Waals surface area contributed by atoms with Crippen molar-refractivity contribution in [1.82, 2.24) is 5.32 Å². The van der Waals surface area contributed by atoms with Gasteiger partial charge in [-0.05, 0) is 45.4 Å². The lowest BCUT2D eigenvalue weighted by Gasteiger charge is -2.20. The van der Waals surface area contributed by atoms with Gasteiger partial charge in [0.15, 0.2) is 0 Å². The fourth-order valence-corrected chi connectivity index (χ4v) is 2.27. The van der Waals surface area contributed by atoms with Crippen molar-refractivity contribution >= 4 is 23.4 Å². The number of halogens is 1. The summed E-state index contributed by atoms with van der Waals surface area (Å²) in [6.45, 7) is 9.49. The van der Waals surface area contributed by atoms with Crippen molar-refractivity contribution in [2.45, 2.75) is 44.7 Å². The molecule has 0 aromatic heterocycles. The third kappa shape index (κ3) is 6.48. The van der Waals surface area contributed by atoms with Crippen LogP contribution in [0, 0.1) is 0 Å². The third-order valence-corrected chi connectivity index (χ3v) is 3.98. The molecule has 0 amide bonds. The molecule has 0 unspecified atom stereocenters. The molecule has 0 aliphatic carbocycles. The van der Waals surface area contributed by atoms with Crippen LogP contribution in [0.3, 0.4) is 0 Å². The van der Waals surface area contributed by atoms with E-state index in [4.69, 9.17) is 11.6 Å². The normalized spacial score (nSPS) is 12.8. The van der Waals surface area contributed by atoms with Gasteiger partial charge in [0.05, 0.1) is 0 Å². The van der Waals surface area contributed by atoms with Gasteiger partial charge in [0.1, 0.15) is 0 Å². The van der Waals surface area contributed by atoms with Crippen LogP contribution >= 0.6 is 23.4 Å². The second kappa shape index (κ2) is 7.22. The first kappa shape index (κ1) is 15.6. The zero-order chi connectivity index (χ0) is 13.6. The highest BCUT2D eigenvalue weighted by Gasteiger charge is 2.08. The van der Waals surface area contributed by atoms with E-state index < -0.39 is 0 Å². The molecule has 0 radical (unpaired) electrons. The Hall–Kier alpha value is -0.440. The van der Waals surface area contributed by atoms with Gasteiger partial charge in [0.25, 0.3) is 0 Å². The van der Waals surface area contributed by atoms with Crippen LogP contribution in [-0.2, 0) is 6.54 Å². The van der Waals surface area contributed by atoms with Crippen molar-refractivity contribution in [1.29, 1.82) is 0 Å². The summed E-state index contributed by atoms with van der Waals surface area (Å²) in [4.78, 5) is 1.28. The van der Waals surface area contributed by atoms with Gasteiger partial charge >= 0.3 is 0 Å². The van der Waals surface area contributed by atoms with Crippen LogP contribution in [-0.4, -0.2) is 11.3 Å². The number of hydrogen-bond donors (Lipinski definition) is 1. The second-order valence-corrected chi connectivity index (χ2v) is 6.76. The van der Waals surface area contributed by atoms with Gasteiger partial charge in [0, 0.05) is 28.3 Å². The SMILES string of the molecule is C/C(=C/Cl)CSc1ccc(CNC(C)(C)C)cc1. The molecule has 0 fully saturated rings. The van der Waals surface area contributed by atoms with Crippen molar-refractivity contribution in [3.8, 4) is 0 Å². The van der Waals surface area contributed by atoms with Crippen molar-refractivity contribution in [3.05, 3.63) is 40.9 Å². The highest BCUT2D eigenvalue weighted by atomic mass is 35.5. The smallest absolute Gasteiger partial charge is 0.0210 e. The fraction of sp³-hybridized carbons (Fsp3) is 0.467. The molecule has 1 nitrogen and oxygen atoms in total. The average Bonchev–Trinajstić information content (AvgIpc) is 2.33. The van der Waals surface area contributed by atoms with Crippen molar-refractivity contribution in [2.75, 3.05) is 5.75 Å². The van der Waals surface area contributed by atoms with E-state index in [-0.39, 0.29) is 5.54 Å². The monoisotopic (exact) mass is 283 g/mol. The first-order chi connectivity index (χ1) is 8.40. The molecule has 0 saturated heterocycles. The Morgan fingerprint density at radius 1 is 1.28 bits per heavy atom. The lowest BCUT2D eigenvalue weighted by Crippen LogP contribution is -2.35. The molecule has 0 bridgehead atoms. The summed E-state index contributed by atoms with van der Waals surface area (Å²) in [5.74, 6) is 0.948. The van der Waals surface area contributed by atoms with E-state index in [0.717, 1.165) is 12.3 Å². The Morgan fingerprint density at radius 2 is 1.89 bits per heavy atom. The van der Waals surface area contributed by atoms with Gasteiger partial charge in [-0.25, -0.2) is 0 Å². The highest BCUT2D eigenvalue weighted by molar-refractivity contribution is 7.99. The molecule has 3 heteroatoms. The van der Waals surface area contributed by atoms with Crippen molar-refractivity contribution < 1.29 is 0 Å². The molecule has 100 valence electrons. The molecule has 0 atom stereocenters. The van der Waals surface area contributed by atoms with Gasteiger partial charge in [0.2, 0.25) is 0 Å². The van der Waals surface area contributed by atoms with E-state index in [1.165, 1.54) is 16.0 Å². The van der Waals surface area contributed by atoms with Crippen LogP contribution in [0.4, 0.5) is 0 Å². The molecule has 1 aromatic rings. The first-order valence-electron chi connectivity index (χ1n) is 6.13. The maximum absolute atomic E-state index is 5.64. The Morgan fingerprint density at radius 3 is 2.39 bits per heavy atom. The summed E-state index contributed by atoms with van der Waals surface area (Å²) in [7, 11) is 0. The van der Waals surface area contributed by atoms with Crippen molar-refractivity contribution in [2.24, 2.45) is 0 Å². The van der Waals surface area contributed by atoms with Crippen LogP contribution in [0.2, 0.25) is 0 Å². The molecule has 18 heavy (non-hydrogen) atoms. The van der Waals surface area contributed by atoms with Gasteiger partial charge in [-0.1, -0.05) is 29.3 Å². The van der Waals surface area contributed by atoms with Gasteiger partial charge in [-0.15, -0.1) is 11.8 Å². The van der Waals surface area contributed by atoms with Crippen LogP contribution in [0.1, 0.15) is 33.3 Å². The van der Waals surface area contributed by atoms with E-state index in [0.29, 0.717) is 0 Å². The number of thioether (sulfide) groups is 1. The summed E-state index contributed by atoms with van der Waals surface area (Å²) < 4.78 is 0. The number of hydrogen-bond acceptors (Lipinski definition) is 2. The molecule has 1 N–H and O–H groups in total. The minimum atomic E-state index is 0.162. The Bertz CT molecular complexity index is 390. The predicted molar refractivity (Wildman–Crippen MR) is 83.4 cm³/mol. The lowest BCUT2D eigenvalue weighted by atomic mass is 10.1. The van der Waals surface area contributed by atoms with Crippen molar-refractivity contribution in [3.63, 3.8) is 0 Å². The Balaban J connectivity index is 2.47. The fourth-order valence-electron chi connectivity index (χ4n) is 1.30. The second-order valence-electron chi connectivity index (χ2n) is 5.49. The van der Waals surface area contributed by atoms with Crippen LogP contribution in [0.15, 0.2) is 40.3 Å². The van der Waals surface area contributed by atoms with Crippen LogP contribution in [0.25, 0.3) is 0 Å². The minimum Gasteiger partial charge on any atom is -0.308 e. The van der Waals surface area contributed by atoms with E-state index in [1.807, 2.05) is 18.7 Å². The standard InChI is InChI=1S/C15H22ClNS/c1-12(9-16)11-18-14-7-5-13(6-8-14)10-17-15(2,3)4/h5-9,17H,10-11H2,1-4H3/b12-9-. The van der Waals surface area contributed by atoms with Crippen LogP contribution < -0.4 is 5.32 Å². The molecule has 0 aliphatic heterocycles. The quantitative estimate of drug-likeness (QED) is 0.778. The third-order valence-electron chi connectivity index (χ3n) is 2.40. The Labute approximate surface area is 120 Å². The van der Waals surface area contributed by atoms with E-state index in [1.54, 1.807) is 5.54 Å².